The molecule has 1 saturated heterocycles. The molecule has 9 heteroatoms. The Kier molecular flexibility index (Phi) is 4.39. The van der Waals surface area contributed by atoms with Crippen LogP contribution in [0.15, 0.2) is 18.6 Å². The van der Waals surface area contributed by atoms with Gasteiger partial charge in [-0.2, -0.15) is 0 Å². The molecule has 1 fully saturated rings. The van der Waals surface area contributed by atoms with Crippen molar-refractivity contribution in [1.82, 2.24) is 35.3 Å². The minimum absolute atomic E-state index is 0.0976. The maximum Gasteiger partial charge on any atom is 0.143 e. The Morgan fingerprint density at radius 2 is 1.97 bits per heavy atom. The summed E-state index contributed by atoms with van der Waals surface area (Å²) in [6, 6.07) is 2.88. The SMILES string of the molecule is CCn1nnc2cnc(N3CC(C)(C)c4c3ncnc4N3C[C@@H](C)NC[C@@H]3C)cc21. The summed E-state index contributed by atoms with van der Waals surface area (Å²) in [7, 11) is 0. The first-order valence-electron chi connectivity index (χ1n) is 10.7. The van der Waals surface area contributed by atoms with Crippen molar-refractivity contribution < 1.29 is 0 Å². The molecule has 2 aliphatic rings. The second-order valence-electron chi connectivity index (χ2n) is 9.11. The standard InChI is InChI=1S/C21H29N9/c1-6-30-16-7-17(23-9-15(16)26-27-30)29-11-21(4,5)18-19(24-12-25-20(18)29)28-10-13(2)22-8-14(28)3/h7,9,12-14,22H,6,8,10-11H2,1-5H3/t13-,14+/m1/s1. The third-order valence-electron chi connectivity index (χ3n) is 6.29. The molecule has 9 nitrogen and oxygen atoms in total. The van der Waals surface area contributed by atoms with Crippen molar-refractivity contribution in [2.45, 2.75) is 58.7 Å². The van der Waals surface area contributed by atoms with E-state index in [9.17, 15) is 0 Å². The first-order valence-corrected chi connectivity index (χ1v) is 10.7. The number of nitrogens with one attached hydrogen (secondary N) is 1. The number of pyridine rings is 1. The number of piperazine rings is 1. The Labute approximate surface area is 176 Å². The van der Waals surface area contributed by atoms with Crippen LogP contribution in [0.1, 0.15) is 40.2 Å². The molecular formula is C21H29N9. The first kappa shape index (κ1) is 19.2. The minimum Gasteiger partial charge on any atom is -0.351 e. The molecule has 30 heavy (non-hydrogen) atoms. The Morgan fingerprint density at radius 3 is 2.77 bits per heavy atom. The van der Waals surface area contributed by atoms with Gasteiger partial charge in [0.15, 0.2) is 0 Å². The van der Waals surface area contributed by atoms with Crippen molar-refractivity contribution in [3.8, 4) is 0 Å². The number of anilines is 3. The summed E-state index contributed by atoms with van der Waals surface area (Å²) in [6.45, 7) is 14.5. The van der Waals surface area contributed by atoms with Crippen molar-refractivity contribution in [2.24, 2.45) is 0 Å². The molecule has 3 aromatic heterocycles. The monoisotopic (exact) mass is 407 g/mol. The summed E-state index contributed by atoms with van der Waals surface area (Å²) in [6.07, 6.45) is 3.50. The van der Waals surface area contributed by atoms with E-state index in [4.69, 9.17) is 15.0 Å². The van der Waals surface area contributed by atoms with E-state index in [2.05, 4.69) is 66.1 Å². The highest BCUT2D eigenvalue weighted by Gasteiger charge is 2.42. The highest BCUT2D eigenvalue weighted by molar-refractivity contribution is 5.80. The fourth-order valence-corrected chi connectivity index (χ4v) is 4.69. The van der Waals surface area contributed by atoms with Gasteiger partial charge in [0.1, 0.15) is 29.3 Å². The van der Waals surface area contributed by atoms with E-state index in [0.717, 1.165) is 54.7 Å². The summed E-state index contributed by atoms with van der Waals surface area (Å²) in [5, 5.41) is 12.0. The van der Waals surface area contributed by atoms with Gasteiger partial charge in [-0.05, 0) is 20.8 Å². The lowest BCUT2D eigenvalue weighted by atomic mass is 9.87. The maximum atomic E-state index is 4.77. The number of fused-ring (bicyclic) bond motifs is 2. The van der Waals surface area contributed by atoms with E-state index >= 15 is 0 Å². The fourth-order valence-electron chi connectivity index (χ4n) is 4.69. The van der Waals surface area contributed by atoms with Crippen molar-refractivity contribution in [3.63, 3.8) is 0 Å². The zero-order valence-corrected chi connectivity index (χ0v) is 18.3. The van der Waals surface area contributed by atoms with E-state index in [1.807, 2.05) is 4.68 Å². The average molecular weight is 408 g/mol. The zero-order chi connectivity index (χ0) is 21.0. The van der Waals surface area contributed by atoms with E-state index in [1.165, 1.54) is 5.56 Å². The van der Waals surface area contributed by atoms with Gasteiger partial charge in [0, 0.05) is 55.3 Å². The Bertz CT molecular complexity index is 1090. The summed E-state index contributed by atoms with van der Waals surface area (Å²) in [5.74, 6) is 2.87. The summed E-state index contributed by atoms with van der Waals surface area (Å²) < 4.78 is 1.90. The summed E-state index contributed by atoms with van der Waals surface area (Å²) >= 11 is 0. The Morgan fingerprint density at radius 1 is 1.17 bits per heavy atom. The van der Waals surface area contributed by atoms with Gasteiger partial charge in [-0.15, -0.1) is 5.10 Å². The van der Waals surface area contributed by atoms with Crippen LogP contribution in [-0.2, 0) is 12.0 Å². The van der Waals surface area contributed by atoms with Crippen molar-refractivity contribution >= 4 is 28.5 Å². The van der Waals surface area contributed by atoms with E-state index in [0.29, 0.717) is 12.1 Å². The topological polar surface area (TPSA) is 87.9 Å². The molecule has 0 aliphatic carbocycles. The van der Waals surface area contributed by atoms with Gasteiger partial charge in [-0.1, -0.05) is 19.1 Å². The van der Waals surface area contributed by atoms with E-state index in [-0.39, 0.29) is 5.41 Å². The lowest BCUT2D eigenvalue weighted by molar-refractivity contribution is 0.419. The molecular weight excluding hydrogens is 378 g/mol. The molecule has 0 spiro atoms. The smallest absolute Gasteiger partial charge is 0.143 e. The summed E-state index contributed by atoms with van der Waals surface area (Å²) in [5.41, 5.74) is 2.91. The molecule has 0 radical (unpaired) electrons. The fraction of sp³-hybridized carbons (Fsp3) is 0.571. The lowest BCUT2D eigenvalue weighted by Gasteiger charge is -2.40. The van der Waals surface area contributed by atoms with Crippen LogP contribution in [-0.4, -0.2) is 61.7 Å². The van der Waals surface area contributed by atoms with Gasteiger partial charge in [0.2, 0.25) is 0 Å². The summed E-state index contributed by atoms with van der Waals surface area (Å²) in [4.78, 5) is 18.8. The molecule has 0 amide bonds. The molecule has 3 aromatic rings. The second kappa shape index (κ2) is 6.87. The first-order chi connectivity index (χ1) is 14.4. The number of hydrogen-bond acceptors (Lipinski definition) is 8. The van der Waals surface area contributed by atoms with E-state index < -0.39 is 0 Å². The molecule has 0 saturated carbocycles. The van der Waals surface area contributed by atoms with Crippen LogP contribution in [0.2, 0.25) is 0 Å². The number of aromatic nitrogens is 6. The molecule has 0 unspecified atom stereocenters. The van der Waals surface area contributed by atoms with Crippen molar-refractivity contribution in [1.29, 1.82) is 0 Å². The molecule has 158 valence electrons. The van der Waals surface area contributed by atoms with Gasteiger partial charge >= 0.3 is 0 Å². The number of rotatable bonds is 3. The quantitative estimate of drug-likeness (QED) is 0.707. The lowest BCUT2D eigenvalue weighted by Crippen LogP contribution is -2.55. The predicted octanol–water partition coefficient (Wildman–Crippen LogP) is 2.25. The van der Waals surface area contributed by atoms with Crippen LogP contribution < -0.4 is 15.1 Å². The third-order valence-corrected chi connectivity index (χ3v) is 6.29. The molecule has 5 heterocycles. The molecule has 1 N–H and O–H groups in total. The van der Waals surface area contributed by atoms with Crippen LogP contribution in [0.5, 0.6) is 0 Å². The van der Waals surface area contributed by atoms with Crippen molar-refractivity contribution in [3.05, 3.63) is 24.2 Å². The van der Waals surface area contributed by atoms with Crippen molar-refractivity contribution in [2.75, 3.05) is 29.4 Å². The normalized spacial score (nSPS) is 23.2. The van der Waals surface area contributed by atoms with Gasteiger partial charge in [-0.25, -0.2) is 19.6 Å². The van der Waals surface area contributed by atoms with Gasteiger partial charge in [-0.3, -0.25) is 0 Å². The Hall–Kier alpha value is -2.81. The van der Waals surface area contributed by atoms with Crippen LogP contribution >= 0.6 is 0 Å². The largest absolute Gasteiger partial charge is 0.351 e. The van der Waals surface area contributed by atoms with Crippen LogP contribution in [0.25, 0.3) is 11.0 Å². The maximum absolute atomic E-state index is 4.77. The molecule has 0 aromatic carbocycles. The average Bonchev–Trinajstić information content (AvgIpc) is 3.27. The minimum atomic E-state index is -0.0976. The number of nitrogens with zero attached hydrogens (tertiary/aromatic N) is 8. The highest BCUT2D eigenvalue weighted by atomic mass is 15.4. The van der Waals surface area contributed by atoms with E-state index in [1.54, 1.807) is 12.5 Å². The van der Waals surface area contributed by atoms with Gasteiger partial charge in [0.25, 0.3) is 0 Å². The van der Waals surface area contributed by atoms with Crippen LogP contribution in [0.3, 0.4) is 0 Å². The zero-order valence-electron chi connectivity index (χ0n) is 18.3. The van der Waals surface area contributed by atoms with Gasteiger partial charge < -0.3 is 15.1 Å². The molecule has 5 rings (SSSR count). The Balaban J connectivity index is 1.61. The molecule has 0 bridgehead atoms. The third kappa shape index (κ3) is 2.91. The van der Waals surface area contributed by atoms with Crippen LogP contribution in [0.4, 0.5) is 17.5 Å². The molecule has 2 atom stereocenters. The predicted molar refractivity (Wildman–Crippen MR) is 117 cm³/mol. The second-order valence-corrected chi connectivity index (χ2v) is 9.11. The molecule has 2 aliphatic heterocycles. The number of aryl methyl sites for hydroxylation is 1. The van der Waals surface area contributed by atoms with Crippen LogP contribution in [0, 0.1) is 0 Å². The highest BCUT2D eigenvalue weighted by Crippen LogP contribution is 2.46. The van der Waals surface area contributed by atoms with Gasteiger partial charge in [0.05, 0.1) is 11.7 Å². The number of hydrogen-bond donors (Lipinski definition) is 1.